The number of rotatable bonds is 17. The molecule has 4 aromatic rings. The van der Waals surface area contributed by atoms with Crippen LogP contribution in [-0.2, 0) is 10.0 Å². The molecule has 2 aromatic carbocycles. The minimum Gasteiger partial charge on any atom is -0.455 e. The van der Waals surface area contributed by atoms with Crippen molar-refractivity contribution < 1.29 is 17.9 Å². The number of piperazine rings is 1. The highest BCUT2D eigenvalue weighted by Gasteiger charge is 2.41. The van der Waals surface area contributed by atoms with Gasteiger partial charge in [0.15, 0.2) is 0 Å². The van der Waals surface area contributed by atoms with E-state index in [2.05, 4.69) is 76.5 Å². The number of fused-ring (bicyclic) bond motifs is 1. The molecular weight excluding hydrogens is 775 g/mol. The molecule has 1 saturated carbocycles. The van der Waals surface area contributed by atoms with Crippen molar-refractivity contribution in [1.82, 2.24) is 19.6 Å². The van der Waals surface area contributed by atoms with E-state index in [0.717, 1.165) is 75.9 Å². The van der Waals surface area contributed by atoms with E-state index in [1.807, 2.05) is 18.2 Å². The van der Waals surface area contributed by atoms with Crippen LogP contribution in [0, 0.1) is 27.6 Å². The van der Waals surface area contributed by atoms with Crippen molar-refractivity contribution in [2.45, 2.75) is 104 Å². The molecule has 3 N–H and O–H groups in total. The maximum Gasteiger partial charge on any atom is 0.268 e. The molecule has 322 valence electrons. The summed E-state index contributed by atoms with van der Waals surface area (Å²) in [6.45, 7) is 19.0. The van der Waals surface area contributed by atoms with Gasteiger partial charge in [0, 0.05) is 62.6 Å². The smallest absolute Gasteiger partial charge is 0.268 e. The van der Waals surface area contributed by atoms with Crippen LogP contribution in [0.1, 0.15) is 110 Å². The molecular formula is C47H63N7O5S. The molecule has 12 nitrogen and oxygen atoms in total. The number of sulfonamides is 1. The summed E-state index contributed by atoms with van der Waals surface area (Å²) in [5.41, 5.74) is 6.08. The molecule has 0 spiro atoms. The van der Waals surface area contributed by atoms with Gasteiger partial charge in [0.05, 0.1) is 22.3 Å². The number of hydrogen-bond acceptors (Lipinski definition) is 10. The first-order valence-corrected chi connectivity index (χ1v) is 23.4. The largest absolute Gasteiger partial charge is 0.455 e. The van der Waals surface area contributed by atoms with Gasteiger partial charge in [-0.15, -0.1) is 4.91 Å². The van der Waals surface area contributed by atoms with Crippen LogP contribution in [0.25, 0.3) is 11.0 Å². The number of aromatic amines is 1. The number of H-pyrrole nitrogens is 1. The lowest BCUT2D eigenvalue weighted by Gasteiger charge is -2.47. The van der Waals surface area contributed by atoms with Crippen LogP contribution in [0.3, 0.4) is 0 Å². The standard InChI is InChI=1S/C47H63N7O5S/c1-7-10-32(4)40-28-46(5,6)17-15-35(40)31-53-19-21-54(22-20-53)36-11-13-39(43(24-36)59-37-23-34-16-18-48-44(34)50-30-37)45(55)52-60(57,58)38-12-14-41(42(25-38)51-56)49-29-33-26-47(8-2,9-3)27-33/h11-14,16,18,23-25,30,32-33,49H,7-10,15,17,19-22,26-29,31H2,1-6H3,(H,48,50)(H,52,55). The highest BCUT2D eigenvalue weighted by Crippen LogP contribution is 2.50. The number of nitrogens with zero attached hydrogens (tertiary/aromatic N) is 4. The van der Waals surface area contributed by atoms with Crippen molar-refractivity contribution in [1.29, 1.82) is 0 Å². The number of nitrogens with one attached hydrogen (secondary N) is 3. The predicted octanol–water partition coefficient (Wildman–Crippen LogP) is 10.6. The van der Waals surface area contributed by atoms with E-state index in [4.69, 9.17) is 4.74 Å². The number of carbonyl (C=O) groups excluding carboxylic acids is 1. The molecule has 1 atom stereocenters. The SMILES string of the molecule is CCCC(C)C1=C(CN2CCN(c3ccc(C(=O)NS(=O)(=O)c4ccc(NCC5CC(CC)(CC)C5)c(N=O)c4)c(Oc4cnc5[nH]ccc5c4)c3)CC2)CCC(C)(C)C1. The Balaban J connectivity index is 1.07. The first-order valence-electron chi connectivity index (χ1n) is 22.0. The third-order valence-electron chi connectivity index (χ3n) is 13.6. The second-order valence-electron chi connectivity index (χ2n) is 18.4. The summed E-state index contributed by atoms with van der Waals surface area (Å²) in [5, 5.41) is 7.25. The number of nitroso groups, excluding NO2 is 1. The normalized spacial score (nSPS) is 18.9. The fourth-order valence-corrected chi connectivity index (χ4v) is 10.7. The van der Waals surface area contributed by atoms with Gasteiger partial charge in [0.2, 0.25) is 0 Å². The summed E-state index contributed by atoms with van der Waals surface area (Å²) in [6, 6.07) is 13.1. The summed E-state index contributed by atoms with van der Waals surface area (Å²) < 4.78 is 35.9. The van der Waals surface area contributed by atoms with E-state index in [1.54, 1.807) is 35.7 Å². The third-order valence-corrected chi connectivity index (χ3v) is 15.0. The lowest BCUT2D eigenvalue weighted by atomic mass is 9.59. The Labute approximate surface area is 356 Å². The summed E-state index contributed by atoms with van der Waals surface area (Å²) in [6.07, 6.45) is 13.9. The monoisotopic (exact) mass is 837 g/mol. The van der Waals surface area contributed by atoms with E-state index in [9.17, 15) is 18.1 Å². The molecule has 1 amide bonds. The van der Waals surface area contributed by atoms with Gasteiger partial charge in [-0.05, 0) is 109 Å². The number of hydrogen-bond donors (Lipinski definition) is 3. The zero-order valence-corrected chi connectivity index (χ0v) is 37.1. The number of amides is 1. The maximum absolute atomic E-state index is 13.9. The molecule has 1 saturated heterocycles. The number of allylic oxidation sites excluding steroid dienone is 1. The molecule has 3 heterocycles. The molecule has 0 bridgehead atoms. The molecule has 2 fully saturated rings. The summed E-state index contributed by atoms with van der Waals surface area (Å²) in [7, 11) is -4.40. The Morgan fingerprint density at radius 1 is 1.03 bits per heavy atom. The van der Waals surface area contributed by atoms with Crippen LogP contribution in [-0.4, -0.2) is 68.5 Å². The molecule has 2 aliphatic carbocycles. The molecule has 0 radical (unpaired) electrons. The van der Waals surface area contributed by atoms with Crippen LogP contribution in [0.2, 0.25) is 0 Å². The van der Waals surface area contributed by atoms with E-state index >= 15 is 0 Å². The quantitative estimate of drug-likeness (QED) is 0.0698. The highest BCUT2D eigenvalue weighted by molar-refractivity contribution is 7.90. The van der Waals surface area contributed by atoms with Crippen molar-refractivity contribution in [3.8, 4) is 11.5 Å². The molecule has 1 aliphatic heterocycles. The average Bonchev–Trinajstić information content (AvgIpc) is 3.69. The fourth-order valence-electron chi connectivity index (χ4n) is 9.74. The molecule has 1 unspecified atom stereocenters. The molecule has 3 aliphatic rings. The minimum atomic E-state index is -4.40. The first kappa shape index (κ1) is 43.3. The Morgan fingerprint density at radius 2 is 1.80 bits per heavy atom. The van der Waals surface area contributed by atoms with Gasteiger partial charge in [-0.3, -0.25) is 9.69 Å². The van der Waals surface area contributed by atoms with Crippen LogP contribution < -0.4 is 19.7 Å². The van der Waals surface area contributed by atoms with Crippen LogP contribution in [0.5, 0.6) is 11.5 Å². The van der Waals surface area contributed by atoms with Gasteiger partial charge >= 0.3 is 0 Å². The summed E-state index contributed by atoms with van der Waals surface area (Å²) in [5.74, 6) is 0.827. The van der Waals surface area contributed by atoms with Crippen molar-refractivity contribution >= 4 is 44.0 Å². The fraction of sp³-hybridized carbons (Fsp3) is 0.532. The minimum absolute atomic E-state index is 0.0334. The van der Waals surface area contributed by atoms with Crippen LogP contribution in [0.15, 0.2) is 82.1 Å². The number of aromatic nitrogens is 2. The topological polar surface area (TPSA) is 149 Å². The highest BCUT2D eigenvalue weighted by atomic mass is 32.2. The van der Waals surface area contributed by atoms with Crippen molar-refractivity contribution in [3.63, 3.8) is 0 Å². The average molecular weight is 838 g/mol. The Morgan fingerprint density at radius 3 is 2.52 bits per heavy atom. The molecule has 2 aromatic heterocycles. The van der Waals surface area contributed by atoms with Gasteiger partial charge in [-0.2, -0.15) is 0 Å². The predicted molar refractivity (Wildman–Crippen MR) is 241 cm³/mol. The van der Waals surface area contributed by atoms with Gasteiger partial charge < -0.3 is 19.9 Å². The Kier molecular flexibility index (Phi) is 13.1. The van der Waals surface area contributed by atoms with Gasteiger partial charge in [0.25, 0.3) is 15.9 Å². The van der Waals surface area contributed by atoms with E-state index in [0.29, 0.717) is 46.3 Å². The lowest BCUT2D eigenvalue weighted by Crippen LogP contribution is -2.47. The number of carbonyl (C=O) groups is 1. The third kappa shape index (κ3) is 9.73. The Bertz CT molecular complexity index is 2320. The first-order chi connectivity index (χ1) is 28.7. The number of pyridine rings is 1. The van der Waals surface area contributed by atoms with Crippen molar-refractivity contribution in [2.24, 2.45) is 27.8 Å². The summed E-state index contributed by atoms with van der Waals surface area (Å²) in [4.78, 5) is 38.0. The van der Waals surface area contributed by atoms with E-state index in [-0.39, 0.29) is 21.9 Å². The number of benzene rings is 2. The second-order valence-corrected chi connectivity index (χ2v) is 20.0. The second kappa shape index (κ2) is 18.1. The molecule has 13 heteroatoms. The van der Waals surface area contributed by atoms with Crippen molar-refractivity contribution in [2.75, 3.05) is 49.5 Å². The van der Waals surface area contributed by atoms with Gasteiger partial charge in [0.1, 0.15) is 22.8 Å². The lowest BCUT2D eigenvalue weighted by molar-refractivity contribution is 0.0533. The Hall–Kier alpha value is -4.75. The van der Waals surface area contributed by atoms with Crippen molar-refractivity contribution in [3.05, 3.63) is 82.5 Å². The van der Waals surface area contributed by atoms with Gasteiger partial charge in [-0.25, -0.2) is 18.1 Å². The number of anilines is 2. The van der Waals surface area contributed by atoms with Crippen LogP contribution >= 0.6 is 0 Å². The van der Waals surface area contributed by atoms with E-state index in [1.165, 1.54) is 43.9 Å². The van der Waals surface area contributed by atoms with E-state index < -0.39 is 15.9 Å². The maximum atomic E-state index is 13.9. The van der Waals surface area contributed by atoms with Crippen LogP contribution in [0.4, 0.5) is 17.1 Å². The number of ether oxygens (including phenoxy) is 1. The van der Waals surface area contributed by atoms with Gasteiger partial charge in [-0.1, -0.05) is 72.0 Å². The summed E-state index contributed by atoms with van der Waals surface area (Å²) >= 11 is 0. The molecule has 7 rings (SSSR count). The zero-order chi connectivity index (χ0) is 42.7. The zero-order valence-electron chi connectivity index (χ0n) is 36.3. The molecule has 60 heavy (non-hydrogen) atoms.